The number of carbonyl (C=O) groups excluding carboxylic acids is 1. The quantitative estimate of drug-likeness (QED) is 0.321. The molecule has 32 heavy (non-hydrogen) atoms. The van der Waals surface area contributed by atoms with E-state index in [1.54, 1.807) is 26.0 Å². The Balaban J connectivity index is 2.12. The molecule has 172 valence electrons. The van der Waals surface area contributed by atoms with Crippen LogP contribution in [0.5, 0.6) is 5.75 Å². The molecule has 2 aromatic heterocycles. The smallest absolute Gasteiger partial charge is 0.408 e. The molecule has 8 nitrogen and oxygen atoms in total. The topological polar surface area (TPSA) is 126 Å². The molecule has 0 spiro atoms. The minimum Gasteiger partial charge on any atom is -0.507 e. The molecular weight excluding hydrogens is 434 g/mol. The number of aromatic hydroxyl groups is 1. The molecule has 9 heteroatoms. The van der Waals surface area contributed by atoms with Crippen LogP contribution >= 0.6 is 11.3 Å². The third kappa shape index (κ3) is 7.21. The SMILES string of the molecule is CCOCc1ccc(C=C(C)C(=O)c2c(O)cc(C(C)CCC=CNC(=O)O)oc2=O)s1. The van der Waals surface area contributed by atoms with Crippen LogP contribution in [-0.4, -0.2) is 28.7 Å². The van der Waals surface area contributed by atoms with Crippen LogP contribution in [-0.2, 0) is 11.3 Å². The number of carboxylic acid groups (broad SMARTS) is 1. The molecule has 1 amide bonds. The average Bonchev–Trinajstić information content (AvgIpc) is 3.18. The van der Waals surface area contributed by atoms with Gasteiger partial charge in [-0.1, -0.05) is 13.0 Å². The molecule has 3 N–H and O–H groups in total. The van der Waals surface area contributed by atoms with Gasteiger partial charge in [0.1, 0.15) is 17.1 Å². The Morgan fingerprint density at radius 2 is 2.09 bits per heavy atom. The lowest BCUT2D eigenvalue weighted by Crippen LogP contribution is -2.16. The summed E-state index contributed by atoms with van der Waals surface area (Å²) in [5.74, 6) is -0.993. The number of hydrogen-bond acceptors (Lipinski definition) is 7. The summed E-state index contributed by atoms with van der Waals surface area (Å²) in [5.41, 5.74) is -0.989. The molecule has 0 fully saturated rings. The number of ether oxygens (including phenoxy) is 1. The fourth-order valence-corrected chi connectivity index (χ4v) is 3.83. The van der Waals surface area contributed by atoms with Gasteiger partial charge in [0.25, 0.3) is 0 Å². The molecule has 0 aliphatic carbocycles. The van der Waals surface area contributed by atoms with Gasteiger partial charge in [-0.3, -0.25) is 10.1 Å². The van der Waals surface area contributed by atoms with E-state index in [2.05, 4.69) is 5.32 Å². The van der Waals surface area contributed by atoms with Gasteiger partial charge in [0.05, 0.1) is 6.61 Å². The molecule has 0 saturated heterocycles. The number of ketones is 1. The van der Waals surface area contributed by atoms with E-state index in [1.165, 1.54) is 23.6 Å². The van der Waals surface area contributed by atoms with E-state index in [9.17, 15) is 19.5 Å². The third-order valence-electron chi connectivity index (χ3n) is 4.60. The first-order chi connectivity index (χ1) is 15.2. The monoisotopic (exact) mass is 461 g/mol. The van der Waals surface area contributed by atoms with Crippen LogP contribution < -0.4 is 10.9 Å². The van der Waals surface area contributed by atoms with E-state index in [0.717, 1.165) is 9.75 Å². The summed E-state index contributed by atoms with van der Waals surface area (Å²) in [7, 11) is 0. The van der Waals surface area contributed by atoms with Crippen molar-refractivity contribution in [2.24, 2.45) is 0 Å². The fraction of sp³-hybridized carbons (Fsp3) is 0.348. The van der Waals surface area contributed by atoms with Gasteiger partial charge < -0.3 is 19.4 Å². The molecule has 2 rings (SSSR count). The van der Waals surface area contributed by atoms with Crippen molar-refractivity contribution in [1.29, 1.82) is 0 Å². The maximum atomic E-state index is 12.8. The van der Waals surface area contributed by atoms with Gasteiger partial charge in [-0.25, -0.2) is 9.59 Å². The predicted octanol–water partition coefficient (Wildman–Crippen LogP) is 4.89. The molecule has 0 aliphatic heterocycles. The Hall–Kier alpha value is -3.17. The molecule has 0 bridgehead atoms. The number of Topliss-reactive ketones (excluding diaryl/α,β-unsaturated/α-hetero) is 1. The van der Waals surface area contributed by atoms with Gasteiger partial charge in [-0.2, -0.15) is 0 Å². The van der Waals surface area contributed by atoms with Gasteiger partial charge in [-0.05, 0) is 50.5 Å². The number of allylic oxidation sites excluding steroid dienone is 2. The summed E-state index contributed by atoms with van der Waals surface area (Å²) >= 11 is 1.48. The second-order valence-corrected chi connectivity index (χ2v) is 8.32. The van der Waals surface area contributed by atoms with Gasteiger partial charge in [-0.15, -0.1) is 11.3 Å². The van der Waals surface area contributed by atoms with Crippen molar-refractivity contribution in [3.05, 3.63) is 67.5 Å². The zero-order valence-corrected chi connectivity index (χ0v) is 19.0. The maximum absolute atomic E-state index is 12.8. The normalized spacial score (nSPS) is 12.8. The second-order valence-electron chi connectivity index (χ2n) is 7.12. The summed E-state index contributed by atoms with van der Waals surface area (Å²) in [5, 5.41) is 21.0. The lowest BCUT2D eigenvalue weighted by atomic mass is 10.00. The Morgan fingerprint density at radius 3 is 2.75 bits per heavy atom. The average molecular weight is 462 g/mol. The van der Waals surface area contributed by atoms with E-state index < -0.39 is 28.8 Å². The fourth-order valence-electron chi connectivity index (χ4n) is 2.88. The summed E-state index contributed by atoms with van der Waals surface area (Å²) in [6.45, 7) is 6.41. The lowest BCUT2D eigenvalue weighted by molar-refractivity contribution is 0.102. The van der Waals surface area contributed by atoms with Crippen LogP contribution in [0.4, 0.5) is 4.79 Å². The molecule has 0 aromatic carbocycles. The van der Waals surface area contributed by atoms with Crippen LogP contribution in [0.1, 0.15) is 65.4 Å². The van der Waals surface area contributed by atoms with Crippen LogP contribution in [0, 0.1) is 0 Å². The minimum absolute atomic E-state index is 0.223. The Kier molecular flexibility index (Phi) is 9.42. The van der Waals surface area contributed by atoms with E-state index >= 15 is 0 Å². The van der Waals surface area contributed by atoms with Crippen LogP contribution in [0.2, 0.25) is 0 Å². The first-order valence-electron chi connectivity index (χ1n) is 10.1. The van der Waals surface area contributed by atoms with Crippen molar-refractivity contribution in [3.63, 3.8) is 0 Å². The Labute approximate surface area is 189 Å². The zero-order valence-electron chi connectivity index (χ0n) is 18.2. The molecule has 1 atom stereocenters. The molecule has 2 heterocycles. The maximum Gasteiger partial charge on any atom is 0.408 e. The van der Waals surface area contributed by atoms with Crippen molar-refractivity contribution in [2.75, 3.05) is 6.61 Å². The van der Waals surface area contributed by atoms with E-state index in [1.807, 2.05) is 19.1 Å². The molecule has 1 unspecified atom stereocenters. The van der Waals surface area contributed by atoms with Crippen molar-refractivity contribution in [1.82, 2.24) is 5.32 Å². The highest BCUT2D eigenvalue weighted by atomic mass is 32.1. The summed E-state index contributed by atoms with van der Waals surface area (Å²) in [6, 6.07) is 5.07. The molecule has 0 saturated carbocycles. The lowest BCUT2D eigenvalue weighted by Gasteiger charge is -2.11. The number of rotatable bonds is 11. The van der Waals surface area contributed by atoms with E-state index in [4.69, 9.17) is 14.3 Å². The number of amides is 1. The first-order valence-corrected chi connectivity index (χ1v) is 11.0. The second kappa shape index (κ2) is 12.0. The standard InChI is InChI=1S/C23H27NO7S/c1-4-30-13-17-9-8-16(32-17)11-15(3)21(26)20-18(25)12-19(31-22(20)27)14(2)7-5-6-10-24-23(28)29/h6,8-12,14,24-25H,4-5,7,13H2,1-3H3,(H,28,29). The summed E-state index contributed by atoms with van der Waals surface area (Å²) < 4.78 is 10.7. The number of carbonyl (C=O) groups is 2. The van der Waals surface area contributed by atoms with Crippen molar-refractivity contribution < 1.29 is 29.0 Å². The highest BCUT2D eigenvalue weighted by molar-refractivity contribution is 7.12. The predicted molar refractivity (Wildman–Crippen MR) is 122 cm³/mol. The largest absolute Gasteiger partial charge is 0.507 e. The van der Waals surface area contributed by atoms with Gasteiger partial charge in [0.2, 0.25) is 0 Å². The zero-order chi connectivity index (χ0) is 23.7. The summed E-state index contributed by atoms with van der Waals surface area (Å²) in [6.07, 6.45) is 4.54. The van der Waals surface area contributed by atoms with Crippen molar-refractivity contribution in [2.45, 2.75) is 46.1 Å². The molecule has 0 radical (unpaired) electrons. The Bertz CT molecular complexity index is 1060. The van der Waals surface area contributed by atoms with Crippen molar-refractivity contribution >= 4 is 29.3 Å². The van der Waals surface area contributed by atoms with Crippen molar-refractivity contribution in [3.8, 4) is 5.75 Å². The molecule has 2 aromatic rings. The van der Waals surface area contributed by atoms with Crippen LogP contribution in [0.3, 0.4) is 0 Å². The molecule has 0 aliphatic rings. The van der Waals surface area contributed by atoms with Gasteiger partial charge >= 0.3 is 11.7 Å². The Morgan fingerprint density at radius 1 is 1.34 bits per heavy atom. The number of thiophene rings is 1. The van der Waals surface area contributed by atoms with Crippen LogP contribution in [0.25, 0.3) is 6.08 Å². The summed E-state index contributed by atoms with van der Waals surface area (Å²) in [4.78, 5) is 37.5. The van der Waals surface area contributed by atoms with Gasteiger partial charge in [0.15, 0.2) is 5.78 Å². The minimum atomic E-state index is -1.15. The highest BCUT2D eigenvalue weighted by Gasteiger charge is 2.22. The third-order valence-corrected chi connectivity index (χ3v) is 5.61. The van der Waals surface area contributed by atoms with E-state index in [-0.39, 0.29) is 11.7 Å². The van der Waals surface area contributed by atoms with Crippen LogP contribution in [0.15, 0.2) is 45.3 Å². The number of hydrogen-bond donors (Lipinski definition) is 3. The highest BCUT2D eigenvalue weighted by Crippen LogP contribution is 2.27. The molecular formula is C23H27NO7S. The first kappa shape index (κ1) is 25.1. The van der Waals surface area contributed by atoms with Gasteiger partial charge in [0, 0.05) is 34.5 Å². The van der Waals surface area contributed by atoms with E-state index in [0.29, 0.717) is 31.6 Å². The number of nitrogens with one attached hydrogen (secondary N) is 1.